The molecule has 2 aromatic rings. The number of nitrogens with one attached hydrogen (secondary N) is 2. The maximum Gasteiger partial charge on any atom is 0.217 e. The second-order valence-corrected chi connectivity index (χ2v) is 8.37. The number of carbonyl (C=O) groups excluding carboxylic acids is 1. The molecular weight excluding hydrogens is 398 g/mol. The first kappa shape index (κ1) is 23.1. The predicted octanol–water partition coefficient (Wildman–Crippen LogP) is 3.44. The second kappa shape index (κ2) is 10.2. The average Bonchev–Trinajstić information content (AvgIpc) is 2.70. The lowest BCUT2D eigenvalue weighted by atomic mass is 9.85. The van der Waals surface area contributed by atoms with Crippen LogP contribution in [0.4, 0.5) is 8.78 Å². The maximum absolute atomic E-state index is 13.5. The molecule has 0 bridgehead atoms. The molecule has 0 radical (unpaired) electrons. The number of aryl methyl sites for hydroxylation is 1. The van der Waals surface area contributed by atoms with E-state index in [9.17, 15) is 18.7 Å². The lowest BCUT2D eigenvalue weighted by Crippen LogP contribution is -2.55. The first-order valence-corrected chi connectivity index (χ1v) is 10.6. The van der Waals surface area contributed by atoms with Gasteiger partial charge in [-0.2, -0.15) is 0 Å². The first-order valence-electron chi connectivity index (χ1n) is 10.6. The summed E-state index contributed by atoms with van der Waals surface area (Å²) in [5, 5.41) is 19.0. The van der Waals surface area contributed by atoms with Crippen molar-refractivity contribution in [3.8, 4) is 0 Å². The Morgan fingerprint density at radius 1 is 1.19 bits per heavy atom. The zero-order valence-electron chi connectivity index (χ0n) is 18.0. The highest BCUT2D eigenvalue weighted by Crippen LogP contribution is 2.31. The molecule has 2 aromatic carbocycles. The van der Waals surface area contributed by atoms with Gasteiger partial charge in [0.2, 0.25) is 5.91 Å². The molecule has 0 heterocycles. The topological polar surface area (TPSA) is 64.2 Å². The van der Waals surface area contributed by atoms with Crippen LogP contribution in [-0.4, -0.2) is 24.6 Å². The Hall–Kier alpha value is -2.57. The molecule has 0 aliphatic heterocycles. The van der Waals surface area contributed by atoms with E-state index in [1.54, 1.807) is 0 Å². The quantitative estimate of drug-likeness (QED) is 0.678. The molecule has 31 heavy (non-hydrogen) atoms. The zero-order chi connectivity index (χ0) is 22.5. The molecule has 4 nitrogen and oxygen atoms in total. The molecule has 0 spiro atoms. The molecule has 1 aliphatic carbocycles. The second-order valence-electron chi connectivity index (χ2n) is 8.37. The molecule has 3 unspecified atom stereocenters. The minimum absolute atomic E-state index is 0.0455. The van der Waals surface area contributed by atoms with Crippen LogP contribution in [0, 0.1) is 11.6 Å². The maximum atomic E-state index is 13.5. The molecule has 3 atom stereocenters. The van der Waals surface area contributed by atoms with Crippen molar-refractivity contribution in [2.45, 2.75) is 57.7 Å². The minimum Gasteiger partial charge on any atom is -0.850 e. The third-order valence-corrected chi connectivity index (χ3v) is 5.73. The Kier molecular flexibility index (Phi) is 7.57. The Balaban J connectivity index is 1.71. The largest absolute Gasteiger partial charge is 0.850 e. The number of hydrogen-bond donors (Lipinski definition) is 2. The van der Waals surface area contributed by atoms with Gasteiger partial charge in [-0.3, -0.25) is 4.79 Å². The fraction of sp³-hybridized carbons (Fsp3) is 0.400. The van der Waals surface area contributed by atoms with Crippen molar-refractivity contribution in [2.75, 3.05) is 6.54 Å². The molecule has 0 saturated heterocycles. The summed E-state index contributed by atoms with van der Waals surface area (Å²) in [7, 11) is 0. The Morgan fingerprint density at radius 2 is 1.90 bits per heavy atom. The van der Waals surface area contributed by atoms with E-state index >= 15 is 0 Å². The van der Waals surface area contributed by atoms with Crippen LogP contribution in [-0.2, 0) is 17.6 Å². The van der Waals surface area contributed by atoms with Gasteiger partial charge in [-0.15, -0.1) is 0 Å². The van der Waals surface area contributed by atoms with Crippen molar-refractivity contribution in [2.24, 2.45) is 0 Å². The highest BCUT2D eigenvalue weighted by atomic mass is 19.1. The van der Waals surface area contributed by atoms with Gasteiger partial charge in [0.25, 0.3) is 0 Å². The fourth-order valence-corrected chi connectivity index (χ4v) is 4.20. The standard InChI is InChI=1S/C25H29F2N2O2/c1-15(2)19-8-7-18-5-4-6-23(22(18)12-19)28-14-25(31)24(29-16(3)30)11-17-9-20(26)13-21(27)10-17/h7-10,12-13,23-25,28H,1,4-6,11,14H2,2-3H3,(H,29,30)/q-1. The summed E-state index contributed by atoms with van der Waals surface area (Å²) >= 11 is 0. The van der Waals surface area contributed by atoms with Gasteiger partial charge >= 0.3 is 0 Å². The molecule has 1 amide bonds. The number of amides is 1. The van der Waals surface area contributed by atoms with Gasteiger partial charge in [0.1, 0.15) is 11.6 Å². The zero-order valence-corrected chi connectivity index (χ0v) is 18.0. The molecular formula is C25H29F2N2O2-. The first-order chi connectivity index (χ1) is 14.7. The Bertz CT molecular complexity index is 940. The van der Waals surface area contributed by atoms with Gasteiger partial charge in [0.05, 0.1) is 0 Å². The van der Waals surface area contributed by atoms with E-state index in [0.717, 1.165) is 36.5 Å². The third kappa shape index (κ3) is 6.21. The number of hydrogen-bond acceptors (Lipinski definition) is 3. The highest BCUT2D eigenvalue weighted by Gasteiger charge is 2.22. The van der Waals surface area contributed by atoms with E-state index in [1.807, 2.05) is 6.92 Å². The number of rotatable bonds is 8. The van der Waals surface area contributed by atoms with Gasteiger partial charge in [-0.1, -0.05) is 30.4 Å². The number of carbonyl (C=O) groups is 1. The van der Waals surface area contributed by atoms with Crippen LogP contribution in [0.2, 0.25) is 0 Å². The van der Waals surface area contributed by atoms with Crippen molar-refractivity contribution in [1.29, 1.82) is 0 Å². The molecule has 3 rings (SSSR count). The molecule has 0 saturated carbocycles. The molecule has 0 fully saturated rings. The van der Waals surface area contributed by atoms with E-state index in [1.165, 1.54) is 30.2 Å². The van der Waals surface area contributed by atoms with Crippen molar-refractivity contribution in [3.63, 3.8) is 0 Å². The van der Waals surface area contributed by atoms with Gasteiger partial charge in [0.15, 0.2) is 0 Å². The normalized spacial score (nSPS) is 17.5. The highest BCUT2D eigenvalue weighted by molar-refractivity contribution is 5.73. The van der Waals surface area contributed by atoms with Crippen molar-refractivity contribution in [1.82, 2.24) is 10.6 Å². The monoisotopic (exact) mass is 427 g/mol. The number of halogens is 2. The fourth-order valence-electron chi connectivity index (χ4n) is 4.20. The van der Waals surface area contributed by atoms with Crippen molar-refractivity contribution < 1.29 is 18.7 Å². The SMILES string of the molecule is C=C(C)c1ccc2c(c1)C(NCC([O-])C(Cc1cc(F)cc(F)c1)NC(C)=O)CCC2. The lowest BCUT2D eigenvalue weighted by molar-refractivity contribution is -0.423. The Labute approximate surface area is 182 Å². The molecule has 0 aromatic heterocycles. The predicted molar refractivity (Wildman–Crippen MR) is 116 cm³/mol. The average molecular weight is 428 g/mol. The van der Waals surface area contributed by atoms with Crippen LogP contribution < -0.4 is 15.7 Å². The summed E-state index contributed by atoms with van der Waals surface area (Å²) in [4.78, 5) is 11.6. The van der Waals surface area contributed by atoms with Gasteiger partial charge < -0.3 is 15.7 Å². The van der Waals surface area contributed by atoms with E-state index in [4.69, 9.17) is 0 Å². The minimum atomic E-state index is -1.18. The van der Waals surface area contributed by atoms with Crippen LogP contribution in [0.15, 0.2) is 43.0 Å². The van der Waals surface area contributed by atoms with Crippen LogP contribution in [0.25, 0.3) is 5.57 Å². The smallest absolute Gasteiger partial charge is 0.217 e. The molecule has 166 valence electrons. The summed E-state index contributed by atoms with van der Waals surface area (Å²) in [5.41, 5.74) is 4.86. The van der Waals surface area contributed by atoms with Crippen LogP contribution in [0.3, 0.4) is 0 Å². The van der Waals surface area contributed by atoms with Gasteiger partial charge in [0, 0.05) is 25.1 Å². The van der Waals surface area contributed by atoms with Gasteiger partial charge in [-0.05, 0) is 79.6 Å². The summed E-state index contributed by atoms with van der Waals surface area (Å²) < 4.78 is 27.1. The lowest BCUT2D eigenvalue weighted by Gasteiger charge is -2.36. The van der Waals surface area contributed by atoms with E-state index in [0.29, 0.717) is 5.56 Å². The molecule has 1 aliphatic rings. The van der Waals surface area contributed by atoms with Crippen LogP contribution >= 0.6 is 0 Å². The Morgan fingerprint density at radius 3 is 2.55 bits per heavy atom. The summed E-state index contributed by atoms with van der Waals surface area (Å²) in [6, 6.07) is 8.76. The van der Waals surface area contributed by atoms with Crippen molar-refractivity contribution in [3.05, 3.63) is 76.9 Å². The van der Waals surface area contributed by atoms with E-state index < -0.39 is 23.8 Å². The number of fused-ring (bicyclic) bond motifs is 1. The van der Waals surface area contributed by atoms with Crippen LogP contribution in [0.5, 0.6) is 0 Å². The molecule has 2 N–H and O–H groups in total. The summed E-state index contributed by atoms with van der Waals surface area (Å²) in [6.45, 7) is 7.44. The summed E-state index contributed by atoms with van der Waals surface area (Å²) in [5.74, 6) is -1.76. The molecule has 6 heteroatoms. The van der Waals surface area contributed by atoms with Crippen molar-refractivity contribution >= 4 is 11.5 Å². The number of allylic oxidation sites excluding steroid dienone is 1. The number of benzene rings is 2. The van der Waals surface area contributed by atoms with Gasteiger partial charge in [-0.25, -0.2) is 8.78 Å². The van der Waals surface area contributed by atoms with E-state index in [2.05, 4.69) is 35.4 Å². The summed E-state index contributed by atoms with van der Waals surface area (Å²) in [6.07, 6.45) is 1.83. The van der Waals surface area contributed by atoms with Crippen LogP contribution in [0.1, 0.15) is 55.0 Å². The van der Waals surface area contributed by atoms with E-state index in [-0.39, 0.29) is 24.9 Å². The third-order valence-electron chi connectivity index (χ3n) is 5.73.